The van der Waals surface area contributed by atoms with Crippen LogP contribution in [-0.4, -0.2) is 43.9 Å². The fraction of sp³-hybridized carbons (Fsp3) is 0.433. The Balaban J connectivity index is 1.33. The van der Waals surface area contributed by atoms with E-state index in [0.29, 0.717) is 37.3 Å². The van der Waals surface area contributed by atoms with Crippen LogP contribution in [0.15, 0.2) is 48.9 Å². The van der Waals surface area contributed by atoms with Crippen molar-refractivity contribution in [1.82, 2.24) is 19.6 Å². The van der Waals surface area contributed by atoms with E-state index in [-0.39, 0.29) is 35.7 Å². The smallest absolute Gasteiger partial charge is 0.136 e. The van der Waals surface area contributed by atoms with Crippen LogP contribution in [0.25, 0.3) is 16.8 Å². The Labute approximate surface area is 226 Å². The van der Waals surface area contributed by atoms with Gasteiger partial charge in [-0.3, -0.25) is 4.98 Å². The minimum absolute atomic E-state index is 0.153. The van der Waals surface area contributed by atoms with Gasteiger partial charge in [0.2, 0.25) is 0 Å². The third-order valence-corrected chi connectivity index (χ3v) is 8.32. The van der Waals surface area contributed by atoms with Crippen molar-refractivity contribution in [2.24, 2.45) is 11.7 Å². The molecule has 204 valence electrons. The summed E-state index contributed by atoms with van der Waals surface area (Å²) in [6, 6.07) is 8.01. The summed E-state index contributed by atoms with van der Waals surface area (Å²) in [5.74, 6) is 0.0259. The fourth-order valence-electron chi connectivity index (χ4n) is 6.34. The lowest BCUT2D eigenvalue weighted by molar-refractivity contribution is -0.0682. The molecule has 1 saturated carbocycles. The van der Waals surface area contributed by atoms with Crippen molar-refractivity contribution >= 4 is 5.52 Å². The number of nitrogens with two attached hydrogens (primary N) is 1. The molecule has 39 heavy (non-hydrogen) atoms. The SMILES string of the molecule is C[C@@H]1C[C@H](N)C[C@H](c2ccncc2Cc2ncc3ccc(-c4c(F)cc(C5(O)CCOCC5)cc4F)nn23)C1. The lowest BCUT2D eigenvalue weighted by atomic mass is 9.75. The molecule has 1 aliphatic heterocycles. The molecule has 3 N–H and O–H groups in total. The standard InChI is InChI=1S/C30H33F2N5O2/c1-18-10-19(12-22(33)11-18)24-4-7-34-16-20(24)13-28-35-17-23-2-3-27(36-37(23)28)29-25(31)14-21(15-26(29)32)30(38)5-8-39-9-6-30/h2-4,7,14-19,22,38H,5-6,8-13,33H2,1H3/t18-,19+,22-/m0/s1. The van der Waals surface area contributed by atoms with Crippen molar-refractivity contribution in [3.63, 3.8) is 0 Å². The highest BCUT2D eigenvalue weighted by Gasteiger charge is 2.34. The molecule has 0 radical (unpaired) electrons. The van der Waals surface area contributed by atoms with E-state index in [0.717, 1.165) is 30.3 Å². The first-order chi connectivity index (χ1) is 18.8. The minimum atomic E-state index is -1.31. The fourth-order valence-corrected chi connectivity index (χ4v) is 6.34. The Bertz CT molecular complexity index is 1470. The van der Waals surface area contributed by atoms with Gasteiger partial charge in [-0.05, 0) is 78.1 Å². The first kappa shape index (κ1) is 26.0. The highest BCUT2D eigenvalue weighted by atomic mass is 19.1. The van der Waals surface area contributed by atoms with Crippen LogP contribution >= 0.6 is 0 Å². The Morgan fingerprint density at radius 3 is 2.59 bits per heavy atom. The summed E-state index contributed by atoms with van der Waals surface area (Å²) in [5, 5.41) is 15.5. The molecule has 0 unspecified atom stereocenters. The van der Waals surface area contributed by atoms with Crippen molar-refractivity contribution in [3.8, 4) is 11.3 Å². The number of pyridine rings is 1. The molecule has 1 aliphatic carbocycles. The third-order valence-electron chi connectivity index (χ3n) is 8.32. The summed E-state index contributed by atoms with van der Waals surface area (Å²) in [4.78, 5) is 8.95. The van der Waals surface area contributed by atoms with Gasteiger partial charge in [0.05, 0.1) is 28.6 Å². The number of rotatable bonds is 5. The van der Waals surface area contributed by atoms with Crippen LogP contribution < -0.4 is 5.73 Å². The second-order valence-electron chi connectivity index (χ2n) is 11.2. The number of aliphatic hydroxyl groups is 1. The summed E-state index contributed by atoms with van der Waals surface area (Å²) in [6.07, 6.45) is 9.49. The molecule has 9 heteroatoms. The molecule has 4 aromatic rings. The number of ether oxygens (including phenoxy) is 1. The number of nitrogens with zero attached hydrogens (tertiary/aromatic N) is 4. The highest BCUT2D eigenvalue weighted by Crippen LogP contribution is 2.38. The van der Waals surface area contributed by atoms with Crippen molar-refractivity contribution in [2.45, 2.75) is 63.0 Å². The Morgan fingerprint density at radius 2 is 1.85 bits per heavy atom. The van der Waals surface area contributed by atoms with Crippen molar-refractivity contribution in [2.75, 3.05) is 13.2 Å². The Hall–Kier alpha value is -3.27. The monoisotopic (exact) mass is 533 g/mol. The number of hydrogen-bond acceptors (Lipinski definition) is 6. The summed E-state index contributed by atoms with van der Waals surface area (Å²) < 4.78 is 37.6. The Morgan fingerprint density at radius 1 is 1.08 bits per heavy atom. The summed E-state index contributed by atoms with van der Waals surface area (Å²) in [5.41, 5.74) is 8.17. The van der Waals surface area contributed by atoms with E-state index in [1.54, 1.807) is 22.8 Å². The zero-order chi connectivity index (χ0) is 27.1. The number of hydrogen-bond donors (Lipinski definition) is 2. The maximum atomic E-state index is 15.4. The van der Waals surface area contributed by atoms with E-state index in [2.05, 4.69) is 28.1 Å². The van der Waals surface area contributed by atoms with Crippen molar-refractivity contribution in [3.05, 3.63) is 83.1 Å². The topological polar surface area (TPSA) is 98.6 Å². The van der Waals surface area contributed by atoms with Crippen LogP contribution in [0.1, 0.15) is 67.5 Å². The molecule has 1 saturated heterocycles. The van der Waals surface area contributed by atoms with Gasteiger partial charge in [0.1, 0.15) is 17.5 Å². The van der Waals surface area contributed by atoms with Crippen molar-refractivity contribution in [1.29, 1.82) is 0 Å². The maximum Gasteiger partial charge on any atom is 0.136 e. The molecule has 6 rings (SSSR count). The van der Waals surface area contributed by atoms with E-state index in [1.165, 1.54) is 17.7 Å². The van der Waals surface area contributed by atoms with Gasteiger partial charge >= 0.3 is 0 Å². The van der Waals surface area contributed by atoms with E-state index in [1.807, 2.05) is 12.4 Å². The minimum Gasteiger partial charge on any atom is -0.385 e. The number of fused-ring (bicyclic) bond motifs is 1. The molecule has 3 aromatic heterocycles. The number of halogens is 2. The normalized spacial score (nSPS) is 23.3. The van der Waals surface area contributed by atoms with E-state index < -0.39 is 17.2 Å². The van der Waals surface area contributed by atoms with Gasteiger partial charge in [0.25, 0.3) is 0 Å². The van der Waals surface area contributed by atoms with Gasteiger partial charge in [0.15, 0.2) is 0 Å². The van der Waals surface area contributed by atoms with Gasteiger partial charge in [-0.1, -0.05) is 6.92 Å². The maximum absolute atomic E-state index is 15.4. The molecule has 0 spiro atoms. The molecular formula is C30H33F2N5O2. The molecule has 2 fully saturated rings. The van der Waals surface area contributed by atoms with Gasteiger partial charge in [-0.25, -0.2) is 18.3 Å². The molecule has 7 nitrogen and oxygen atoms in total. The lowest BCUT2D eigenvalue weighted by Crippen LogP contribution is -2.33. The molecule has 1 aromatic carbocycles. The number of aromatic nitrogens is 4. The molecular weight excluding hydrogens is 500 g/mol. The highest BCUT2D eigenvalue weighted by molar-refractivity contribution is 5.63. The summed E-state index contributed by atoms with van der Waals surface area (Å²) in [7, 11) is 0. The van der Waals surface area contributed by atoms with Gasteiger partial charge in [-0.15, -0.1) is 0 Å². The zero-order valence-electron chi connectivity index (χ0n) is 22.0. The first-order valence-corrected chi connectivity index (χ1v) is 13.6. The summed E-state index contributed by atoms with van der Waals surface area (Å²) in [6.45, 7) is 2.93. The van der Waals surface area contributed by atoms with Gasteiger partial charge in [0, 0.05) is 50.9 Å². The average Bonchev–Trinajstić information content (AvgIpc) is 3.30. The zero-order valence-corrected chi connectivity index (χ0v) is 22.0. The van der Waals surface area contributed by atoms with Crippen LogP contribution in [-0.2, 0) is 16.8 Å². The van der Waals surface area contributed by atoms with Crippen LogP contribution in [0.4, 0.5) is 8.78 Å². The average molecular weight is 534 g/mol. The quantitative estimate of drug-likeness (QED) is 0.379. The second kappa shape index (κ2) is 10.4. The predicted octanol–water partition coefficient (Wildman–Crippen LogP) is 4.89. The van der Waals surface area contributed by atoms with E-state index in [9.17, 15) is 5.11 Å². The van der Waals surface area contributed by atoms with E-state index in [4.69, 9.17) is 10.5 Å². The van der Waals surface area contributed by atoms with Crippen LogP contribution in [0, 0.1) is 17.6 Å². The van der Waals surface area contributed by atoms with Crippen molar-refractivity contribution < 1.29 is 18.6 Å². The lowest BCUT2D eigenvalue weighted by Gasteiger charge is -2.32. The predicted molar refractivity (Wildman–Crippen MR) is 143 cm³/mol. The molecule has 2 aliphatic rings. The number of benzene rings is 1. The first-order valence-electron chi connectivity index (χ1n) is 13.6. The molecule has 4 heterocycles. The van der Waals surface area contributed by atoms with Gasteiger partial charge < -0.3 is 15.6 Å². The third kappa shape index (κ3) is 5.06. The Kier molecular flexibility index (Phi) is 6.91. The molecule has 0 amide bonds. The van der Waals surface area contributed by atoms with Crippen LogP contribution in [0.5, 0.6) is 0 Å². The largest absolute Gasteiger partial charge is 0.385 e. The summed E-state index contributed by atoms with van der Waals surface area (Å²) >= 11 is 0. The second-order valence-corrected chi connectivity index (χ2v) is 11.2. The van der Waals surface area contributed by atoms with Gasteiger partial charge in [-0.2, -0.15) is 5.10 Å². The molecule has 3 atom stereocenters. The van der Waals surface area contributed by atoms with Crippen LogP contribution in [0.3, 0.4) is 0 Å². The number of imidazole rings is 1. The van der Waals surface area contributed by atoms with E-state index >= 15 is 8.78 Å². The molecule has 0 bridgehead atoms. The van der Waals surface area contributed by atoms with Crippen LogP contribution in [0.2, 0.25) is 0 Å².